The summed E-state index contributed by atoms with van der Waals surface area (Å²) in [6.07, 6.45) is 2.28. The van der Waals surface area contributed by atoms with Crippen molar-refractivity contribution in [2.45, 2.75) is 24.2 Å². The molecule has 0 aliphatic heterocycles. The Bertz CT molecular complexity index is 522. The zero-order valence-electron chi connectivity index (χ0n) is 9.31. The molecule has 0 amide bonds. The van der Waals surface area contributed by atoms with Crippen LogP contribution in [0.4, 0.5) is 0 Å². The summed E-state index contributed by atoms with van der Waals surface area (Å²) >= 11 is 3.25. The average molecular weight is 321 g/mol. The van der Waals surface area contributed by atoms with Crippen LogP contribution in [0.3, 0.4) is 0 Å². The van der Waals surface area contributed by atoms with E-state index in [9.17, 15) is 13.2 Å². The molecule has 1 N–H and O–H groups in total. The van der Waals surface area contributed by atoms with Crippen LogP contribution in [0.15, 0.2) is 27.6 Å². The number of sulfone groups is 1. The van der Waals surface area contributed by atoms with Crippen molar-refractivity contribution in [3.8, 4) is 0 Å². The Morgan fingerprint density at radius 2 is 2.00 bits per heavy atom. The van der Waals surface area contributed by atoms with E-state index in [1.165, 1.54) is 6.07 Å². The average Bonchev–Trinajstić information content (AvgIpc) is 2.14. The van der Waals surface area contributed by atoms with Gasteiger partial charge in [-0.1, -0.05) is 15.9 Å². The summed E-state index contributed by atoms with van der Waals surface area (Å²) < 4.78 is 23.5. The van der Waals surface area contributed by atoms with Crippen LogP contribution in [0, 0.1) is 0 Å². The Morgan fingerprint density at radius 3 is 2.53 bits per heavy atom. The molecule has 0 aliphatic carbocycles. The second-order valence-electron chi connectivity index (χ2n) is 3.81. The van der Waals surface area contributed by atoms with Crippen molar-refractivity contribution >= 4 is 31.7 Å². The molecule has 17 heavy (non-hydrogen) atoms. The molecule has 0 aliphatic rings. The number of carbonyl (C=O) groups is 1. The molecule has 0 saturated heterocycles. The molecule has 0 fully saturated rings. The number of hydrogen-bond donors (Lipinski definition) is 1. The lowest BCUT2D eigenvalue weighted by molar-refractivity contribution is -0.137. The van der Waals surface area contributed by atoms with Crippen LogP contribution >= 0.6 is 15.9 Å². The summed E-state index contributed by atoms with van der Waals surface area (Å²) in [5.41, 5.74) is 0.820. The van der Waals surface area contributed by atoms with E-state index in [0.29, 0.717) is 17.3 Å². The maximum atomic E-state index is 11.4. The first kappa shape index (κ1) is 14.2. The maximum Gasteiger partial charge on any atom is 0.303 e. The van der Waals surface area contributed by atoms with Crippen LogP contribution in [0.5, 0.6) is 0 Å². The van der Waals surface area contributed by atoms with E-state index in [0.717, 1.165) is 11.8 Å². The molecule has 0 atom stereocenters. The molecule has 4 nitrogen and oxygen atoms in total. The third-order valence-electron chi connectivity index (χ3n) is 2.22. The highest BCUT2D eigenvalue weighted by atomic mass is 79.9. The van der Waals surface area contributed by atoms with Crippen LogP contribution in [-0.2, 0) is 21.1 Å². The van der Waals surface area contributed by atoms with Gasteiger partial charge in [0.1, 0.15) is 0 Å². The van der Waals surface area contributed by atoms with E-state index in [2.05, 4.69) is 15.9 Å². The number of carboxylic acid groups (broad SMARTS) is 1. The Kier molecular flexibility index (Phi) is 4.70. The lowest BCUT2D eigenvalue weighted by atomic mass is 10.1. The molecule has 0 spiro atoms. The lowest BCUT2D eigenvalue weighted by Gasteiger charge is -2.05. The molecular weight excluding hydrogens is 308 g/mol. The van der Waals surface area contributed by atoms with Gasteiger partial charge in [-0.15, -0.1) is 0 Å². The van der Waals surface area contributed by atoms with Gasteiger partial charge in [0.25, 0.3) is 0 Å². The smallest absolute Gasteiger partial charge is 0.303 e. The summed E-state index contributed by atoms with van der Waals surface area (Å²) in [4.78, 5) is 10.6. The van der Waals surface area contributed by atoms with Crippen molar-refractivity contribution < 1.29 is 18.3 Å². The molecule has 6 heteroatoms. The normalized spacial score (nSPS) is 11.4. The minimum atomic E-state index is -3.24. The fourth-order valence-electron chi connectivity index (χ4n) is 1.42. The topological polar surface area (TPSA) is 71.4 Å². The molecule has 1 aromatic carbocycles. The minimum absolute atomic E-state index is 0.0840. The summed E-state index contributed by atoms with van der Waals surface area (Å²) in [5.74, 6) is -0.844. The van der Waals surface area contributed by atoms with E-state index in [1.807, 2.05) is 0 Å². The van der Waals surface area contributed by atoms with Crippen molar-refractivity contribution in [3.05, 3.63) is 28.2 Å². The maximum absolute atomic E-state index is 11.4. The third kappa shape index (κ3) is 4.87. The number of benzene rings is 1. The van der Waals surface area contributed by atoms with Crippen molar-refractivity contribution in [1.82, 2.24) is 0 Å². The molecule has 0 radical (unpaired) electrons. The van der Waals surface area contributed by atoms with Gasteiger partial charge in [0.15, 0.2) is 9.84 Å². The number of carboxylic acids is 1. The second kappa shape index (κ2) is 5.64. The van der Waals surface area contributed by atoms with Crippen molar-refractivity contribution in [2.75, 3.05) is 6.26 Å². The monoisotopic (exact) mass is 320 g/mol. The number of rotatable bonds is 5. The third-order valence-corrected chi connectivity index (χ3v) is 3.77. The Labute approximate surface area is 109 Å². The molecule has 0 saturated carbocycles. The van der Waals surface area contributed by atoms with Gasteiger partial charge < -0.3 is 5.11 Å². The van der Waals surface area contributed by atoms with E-state index in [1.54, 1.807) is 12.1 Å². The molecule has 0 aromatic heterocycles. The number of aliphatic carboxylic acids is 1. The lowest BCUT2D eigenvalue weighted by Crippen LogP contribution is -2.00. The van der Waals surface area contributed by atoms with Crippen molar-refractivity contribution in [3.63, 3.8) is 0 Å². The molecular formula is C11H13BrO4S. The highest BCUT2D eigenvalue weighted by Gasteiger charge is 2.09. The first-order valence-corrected chi connectivity index (χ1v) is 7.69. The molecule has 0 heterocycles. The summed E-state index contributed by atoms with van der Waals surface area (Å²) in [6.45, 7) is 0. The predicted molar refractivity (Wildman–Crippen MR) is 67.8 cm³/mol. The van der Waals surface area contributed by atoms with Gasteiger partial charge in [-0.2, -0.15) is 0 Å². The first-order chi connectivity index (χ1) is 7.79. The summed E-state index contributed by atoms with van der Waals surface area (Å²) in [5, 5.41) is 8.52. The van der Waals surface area contributed by atoms with Crippen molar-refractivity contribution in [1.29, 1.82) is 0 Å². The number of hydrogen-bond acceptors (Lipinski definition) is 3. The fourth-order valence-corrected chi connectivity index (χ4v) is 2.82. The minimum Gasteiger partial charge on any atom is -0.481 e. The zero-order chi connectivity index (χ0) is 13.1. The van der Waals surface area contributed by atoms with Crippen LogP contribution in [-0.4, -0.2) is 25.7 Å². The van der Waals surface area contributed by atoms with Crippen LogP contribution in [0.1, 0.15) is 18.4 Å². The number of halogens is 1. The van der Waals surface area contributed by atoms with Gasteiger partial charge in [0.2, 0.25) is 0 Å². The van der Waals surface area contributed by atoms with Gasteiger partial charge in [0.05, 0.1) is 4.90 Å². The zero-order valence-corrected chi connectivity index (χ0v) is 11.7. The number of aryl methyl sites for hydroxylation is 1. The van der Waals surface area contributed by atoms with E-state index < -0.39 is 15.8 Å². The van der Waals surface area contributed by atoms with E-state index >= 15 is 0 Å². The van der Waals surface area contributed by atoms with E-state index in [4.69, 9.17) is 5.11 Å². The SMILES string of the molecule is CS(=O)(=O)c1cc(Br)cc(CCCC(=O)O)c1. The van der Waals surface area contributed by atoms with Gasteiger partial charge in [0, 0.05) is 17.1 Å². The second-order valence-corrected chi connectivity index (χ2v) is 6.75. The van der Waals surface area contributed by atoms with Crippen molar-refractivity contribution in [2.24, 2.45) is 0 Å². The Morgan fingerprint density at radius 1 is 1.35 bits per heavy atom. The van der Waals surface area contributed by atoms with Gasteiger partial charge >= 0.3 is 5.97 Å². The molecule has 1 rings (SSSR count). The van der Waals surface area contributed by atoms with Gasteiger partial charge in [-0.25, -0.2) is 8.42 Å². The Hall–Kier alpha value is -0.880. The summed E-state index contributed by atoms with van der Waals surface area (Å²) in [6, 6.07) is 4.93. The highest BCUT2D eigenvalue weighted by Crippen LogP contribution is 2.20. The van der Waals surface area contributed by atoms with E-state index in [-0.39, 0.29) is 11.3 Å². The van der Waals surface area contributed by atoms with Gasteiger partial charge in [-0.3, -0.25) is 4.79 Å². The predicted octanol–water partition coefficient (Wildman–Crippen LogP) is 2.26. The molecule has 94 valence electrons. The molecule has 1 aromatic rings. The fraction of sp³-hybridized carbons (Fsp3) is 0.364. The van der Waals surface area contributed by atoms with Crippen LogP contribution < -0.4 is 0 Å². The quantitative estimate of drug-likeness (QED) is 0.903. The summed E-state index contributed by atoms with van der Waals surface area (Å²) in [7, 11) is -3.24. The standard InChI is InChI=1S/C11H13BrO4S/c1-17(15,16)10-6-8(5-9(12)7-10)3-2-4-11(13)14/h5-7H,2-4H2,1H3,(H,13,14). The van der Waals surface area contributed by atoms with Gasteiger partial charge in [-0.05, 0) is 36.6 Å². The highest BCUT2D eigenvalue weighted by molar-refractivity contribution is 9.10. The molecule has 0 unspecified atom stereocenters. The Balaban J connectivity index is 2.87. The van der Waals surface area contributed by atoms with Crippen LogP contribution in [0.2, 0.25) is 0 Å². The largest absolute Gasteiger partial charge is 0.481 e. The van der Waals surface area contributed by atoms with Crippen LogP contribution in [0.25, 0.3) is 0 Å². The molecule has 0 bridgehead atoms. The first-order valence-electron chi connectivity index (χ1n) is 5.00.